The summed E-state index contributed by atoms with van der Waals surface area (Å²) >= 11 is 0. The van der Waals surface area contributed by atoms with E-state index in [-0.39, 0.29) is 0 Å². The van der Waals surface area contributed by atoms with Crippen LogP contribution in [-0.4, -0.2) is 7.28 Å². The molecule has 0 spiro atoms. The van der Waals surface area contributed by atoms with Crippen LogP contribution in [0.4, 0.5) is 0 Å². The average molecular weight is 148 g/mol. The Morgan fingerprint density at radius 1 is 1.45 bits per heavy atom. The molecule has 0 aromatic rings. The number of hydrogen-bond donors (Lipinski definition) is 0. The summed E-state index contributed by atoms with van der Waals surface area (Å²) in [4.78, 5) is 0. The standard InChI is InChI=1S/C10H17B/c1-5-7-10(8-6-2)11-9(3)4/h5-9,11H,1H2,2-4H3/b8-6-,10-7+. The third-order valence-corrected chi connectivity index (χ3v) is 1.36. The average Bonchev–Trinajstić information content (AvgIpc) is 1.87. The van der Waals surface area contributed by atoms with E-state index in [0.717, 1.165) is 13.1 Å². The van der Waals surface area contributed by atoms with Crippen LogP contribution < -0.4 is 0 Å². The first-order chi connectivity index (χ1) is 5.20. The van der Waals surface area contributed by atoms with E-state index in [1.165, 1.54) is 5.47 Å². The molecule has 60 valence electrons. The second-order valence-corrected chi connectivity index (χ2v) is 3.08. The van der Waals surface area contributed by atoms with Crippen molar-refractivity contribution in [2.75, 3.05) is 0 Å². The van der Waals surface area contributed by atoms with Crippen LogP contribution in [0.15, 0.2) is 36.4 Å². The minimum atomic E-state index is 0.720. The molecule has 0 unspecified atom stereocenters. The zero-order valence-corrected chi connectivity index (χ0v) is 7.80. The van der Waals surface area contributed by atoms with Crippen LogP contribution in [0.25, 0.3) is 0 Å². The molecule has 0 aliphatic carbocycles. The lowest BCUT2D eigenvalue weighted by atomic mass is 9.60. The van der Waals surface area contributed by atoms with Gasteiger partial charge in [-0.1, -0.05) is 56.0 Å². The summed E-state index contributed by atoms with van der Waals surface area (Å²) in [5.41, 5.74) is 1.36. The molecule has 0 heterocycles. The Morgan fingerprint density at radius 2 is 2.09 bits per heavy atom. The van der Waals surface area contributed by atoms with Crippen LogP contribution in [0.2, 0.25) is 5.82 Å². The van der Waals surface area contributed by atoms with Crippen molar-refractivity contribution in [2.45, 2.75) is 26.6 Å². The molecule has 0 N–H and O–H groups in total. The number of hydrogen-bond acceptors (Lipinski definition) is 0. The van der Waals surface area contributed by atoms with E-state index in [9.17, 15) is 0 Å². The maximum atomic E-state index is 3.68. The second-order valence-electron chi connectivity index (χ2n) is 3.08. The number of rotatable bonds is 4. The van der Waals surface area contributed by atoms with Crippen molar-refractivity contribution in [3.8, 4) is 0 Å². The highest BCUT2D eigenvalue weighted by Gasteiger charge is 1.98. The molecule has 11 heavy (non-hydrogen) atoms. The van der Waals surface area contributed by atoms with Gasteiger partial charge >= 0.3 is 0 Å². The van der Waals surface area contributed by atoms with Crippen LogP contribution in [0.3, 0.4) is 0 Å². The first kappa shape index (κ1) is 10.3. The van der Waals surface area contributed by atoms with Gasteiger partial charge in [0.25, 0.3) is 0 Å². The van der Waals surface area contributed by atoms with Crippen molar-refractivity contribution in [1.82, 2.24) is 0 Å². The van der Waals surface area contributed by atoms with E-state index in [2.05, 4.69) is 38.7 Å². The lowest BCUT2D eigenvalue weighted by molar-refractivity contribution is 1.06. The Kier molecular flexibility index (Phi) is 5.63. The van der Waals surface area contributed by atoms with Crippen molar-refractivity contribution < 1.29 is 0 Å². The van der Waals surface area contributed by atoms with Crippen molar-refractivity contribution in [3.63, 3.8) is 0 Å². The molecule has 0 radical (unpaired) electrons. The van der Waals surface area contributed by atoms with Crippen molar-refractivity contribution in [3.05, 3.63) is 36.4 Å². The van der Waals surface area contributed by atoms with Gasteiger partial charge in [0.2, 0.25) is 0 Å². The highest BCUT2D eigenvalue weighted by atomic mass is 13.8. The van der Waals surface area contributed by atoms with Crippen LogP contribution in [0.1, 0.15) is 20.8 Å². The number of allylic oxidation sites excluding steroid dienone is 5. The molecule has 0 aliphatic heterocycles. The van der Waals surface area contributed by atoms with Gasteiger partial charge in [0.1, 0.15) is 0 Å². The van der Waals surface area contributed by atoms with E-state index < -0.39 is 0 Å². The topological polar surface area (TPSA) is 0 Å². The zero-order valence-electron chi connectivity index (χ0n) is 7.80. The molecule has 0 aromatic carbocycles. The maximum Gasteiger partial charge on any atom is 0.160 e. The van der Waals surface area contributed by atoms with Gasteiger partial charge in [-0.05, 0) is 6.92 Å². The van der Waals surface area contributed by atoms with E-state index in [1.54, 1.807) is 0 Å². The second kappa shape index (κ2) is 6.02. The summed E-state index contributed by atoms with van der Waals surface area (Å²) < 4.78 is 0. The van der Waals surface area contributed by atoms with E-state index in [4.69, 9.17) is 0 Å². The van der Waals surface area contributed by atoms with Crippen LogP contribution >= 0.6 is 0 Å². The molecular weight excluding hydrogens is 131 g/mol. The van der Waals surface area contributed by atoms with Crippen LogP contribution in [-0.2, 0) is 0 Å². The normalized spacial score (nSPS) is 12.5. The zero-order chi connectivity index (χ0) is 8.69. The van der Waals surface area contributed by atoms with Gasteiger partial charge in [0.05, 0.1) is 0 Å². The minimum absolute atomic E-state index is 0.720. The fourth-order valence-electron chi connectivity index (χ4n) is 1.03. The molecule has 1 heteroatoms. The molecule has 0 aromatic heterocycles. The SMILES string of the molecule is C=C/C=C(BC(C)C)\C=C/C. The van der Waals surface area contributed by atoms with Crippen molar-refractivity contribution in [2.24, 2.45) is 0 Å². The third-order valence-electron chi connectivity index (χ3n) is 1.36. The Balaban J connectivity index is 4.11. The lowest BCUT2D eigenvalue weighted by Crippen LogP contribution is -1.97. The Hall–Kier alpha value is -0.715. The highest BCUT2D eigenvalue weighted by Crippen LogP contribution is 2.06. The van der Waals surface area contributed by atoms with E-state index >= 15 is 0 Å². The van der Waals surface area contributed by atoms with Crippen molar-refractivity contribution >= 4 is 7.28 Å². The molecule has 0 atom stereocenters. The van der Waals surface area contributed by atoms with Crippen LogP contribution in [0.5, 0.6) is 0 Å². The summed E-state index contributed by atoms with van der Waals surface area (Å²) in [6, 6.07) is 0. The third kappa shape index (κ3) is 5.72. The summed E-state index contributed by atoms with van der Waals surface area (Å²) in [5, 5.41) is 0. The lowest BCUT2D eigenvalue weighted by Gasteiger charge is -2.01. The highest BCUT2D eigenvalue weighted by molar-refractivity contribution is 6.48. The molecule has 0 amide bonds. The van der Waals surface area contributed by atoms with Gasteiger partial charge in [0, 0.05) is 0 Å². The van der Waals surface area contributed by atoms with Crippen LogP contribution in [0, 0.1) is 0 Å². The predicted molar refractivity (Wildman–Crippen MR) is 55.3 cm³/mol. The minimum Gasteiger partial charge on any atom is -0.0991 e. The molecule has 0 nitrogen and oxygen atoms in total. The quantitative estimate of drug-likeness (QED) is 0.424. The Labute approximate surface area is 70.9 Å². The monoisotopic (exact) mass is 148 g/mol. The summed E-state index contributed by atoms with van der Waals surface area (Å²) in [6.45, 7) is 10.2. The molecule has 0 saturated heterocycles. The largest absolute Gasteiger partial charge is 0.160 e. The van der Waals surface area contributed by atoms with Crippen molar-refractivity contribution in [1.29, 1.82) is 0 Å². The first-order valence-corrected chi connectivity index (χ1v) is 4.15. The molecular formula is C10H17B. The molecule has 0 fully saturated rings. The van der Waals surface area contributed by atoms with Gasteiger partial charge in [0.15, 0.2) is 7.28 Å². The first-order valence-electron chi connectivity index (χ1n) is 4.15. The summed E-state index contributed by atoms with van der Waals surface area (Å²) in [5.74, 6) is 0.720. The Bertz CT molecular complexity index is 164. The molecule has 0 saturated carbocycles. The fraction of sp³-hybridized carbons (Fsp3) is 0.400. The van der Waals surface area contributed by atoms with Gasteiger partial charge in [-0.25, -0.2) is 0 Å². The van der Waals surface area contributed by atoms with Gasteiger partial charge in [-0.15, -0.1) is 0 Å². The van der Waals surface area contributed by atoms with E-state index in [1.807, 2.05) is 13.0 Å². The van der Waals surface area contributed by atoms with Gasteiger partial charge in [-0.2, -0.15) is 0 Å². The summed E-state index contributed by atoms with van der Waals surface area (Å²) in [6.07, 6.45) is 8.12. The smallest absolute Gasteiger partial charge is 0.0991 e. The molecule has 0 rings (SSSR count). The summed E-state index contributed by atoms with van der Waals surface area (Å²) in [7, 11) is 1.14. The fourth-order valence-corrected chi connectivity index (χ4v) is 1.03. The predicted octanol–water partition coefficient (Wildman–Crippen LogP) is 2.90. The molecule has 0 bridgehead atoms. The van der Waals surface area contributed by atoms with Gasteiger partial charge < -0.3 is 0 Å². The maximum absolute atomic E-state index is 3.68. The Morgan fingerprint density at radius 3 is 2.45 bits per heavy atom. The van der Waals surface area contributed by atoms with E-state index in [0.29, 0.717) is 0 Å². The molecule has 0 aliphatic rings. The van der Waals surface area contributed by atoms with Gasteiger partial charge in [-0.3, -0.25) is 0 Å².